The molecule has 0 bridgehead atoms. The number of rotatable bonds is 2. The summed E-state index contributed by atoms with van der Waals surface area (Å²) < 4.78 is 0. The fourth-order valence-electron chi connectivity index (χ4n) is 0.464. The van der Waals surface area contributed by atoms with Crippen LogP contribution >= 0.6 is 0 Å². The van der Waals surface area contributed by atoms with Crippen LogP contribution in [0.25, 0.3) is 0 Å². The minimum Gasteiger partial charge on any atom is -0.513 e. The zero-order valence-electron chi connectivity index (χ0n) is 5.26. The van der Waals surface area contributed by atoms with Crippen molar-refractivity contribution in [3.05, 3.63) is 11.8 Å². The number of aliphatic hydroxyl groups excluding tert-OH is 2. The molecule has 2 N–H and O–H groups in total. The van der Waals surface area contributed by atoms with Gasteiger partial charge in [-0.3, -0.25) is 0 Å². The lowest BCUT2D eigenvalue weighted by Gasteiger charge is -1.97. The number of hydrogen-bond donors (Lipinski definition) is 2. The van der Waals surface area contributed by atoms with Crippen molar-refractivity contribution in [3.8, 4) is 0 Å². The van der Waals surface area contributed by atoms with Crippen LogP contribution in [-0.4, -0.2) is 16.8 Å². The minimum absolute atomic E-state index is 0.0694. The second kappa shape index (κ2) is 3.50. The van der Waals surface area contributed by atoms with Crippen LogP contribution in [0, 0.1) is 5.92 Å². The third-order valence-corrected chi connectivity index (χ3v) is 0.814. The molecule has 0 saturated heterocycles. The van der Waals surface area contributed by atoms with Crippen LogP contribution in [0.3, 0.4) is 0 Å². The summed E-state index contributed by atoms with van der Waals surface area (Å²) in [7, 11) is 0. The van der Waals surface area contributed by atoms with E-state index in [4.69, 9.17) is 10.2 Å². The molecule has 8 heavy (non-hydrogen) atoms. The molecule has 48 valence electrons. The van der Waals surface area contributed by atoms with Gasteiger partial charge in [-0.25, -0.2) is 0 Å². The van der Waals surface area contributed by atoms with Crippen molar-refractivity contribution >= 4 is 0 Å². The highest BCUT2D eigenvalue weighted by Gasteiger charge is 1.92. The Balaban J connectivity index is 3.51. The first kappa shape index (κ1) is 7.50. The maximum atomic E-state index is 8.60. The molecule has 0 aliphatic carbocycles. The molecule has 1 unspecified atom stereocenters. The van der Waals surface area contributed by atoms with Crippen LogP contribution in [0.5, 0.6) is 0 Å². The topological polar surface area (TPSA) is 40.5 Å². The van der Waals surface area contributed by atoms with E-state index in [1.54, 1.807) is 13.0 Å². The molecule has 0 aliphatic rings. The molecule has 2 nitrogen and oxygen atoms in total. The van der Waals surface area contributed by atoms with Gasteiger partial charge in [-0.2, -0.15) is 0 Å². The maximum Gasteiger partial charge on any atom is 0.0855 e. The lowest BCUT2D eigenvalue weighted by Crippen LogP contribution is -1.96. The molecule has 0 aromatic rings. The van der Waals surface area contributed by atoms with Crippen LogP contribution in [-0.2, 0) is 0 Å². The minimum atomic E-state index is 0.0694. The largest absolute Gasteiger partial charge is 0.513 e. The Labute approximate surface area is 49.5 Å². The third kappa shape index (κ3) is 3.68. The highest BCUT2D eigenvalue weighted by molar-refractivity contribution is 4.89. The van der Waals surface area contributed by atoms with Gasteiger partial charge in [0.1, 0.15) is 0 Å². The Kier molecular flexibility index (Phi) is 3.28. The average molecular weight is 116 g/mol. The highest BCUT2D eigenvalue weighted by atomic mass is 16.3. The predicted octanol–water partition coefficient (Wildman–Crippen LogP) is 1.08. The van der Waals surface area contributed by atoms with Crippen LogP contribution in [0.15, 0.2) is 11.8 Å². The van der Waals surface area contributed by atoms with Gasteiger partial charge in [0.15, 0.2) is 0 Å². The molecule has 0 aromatic heterocycles. The smallest absolute Gasteiger partial charge is 0.0855 e. The molecule has 0 heterocycles. The van der Waals surface area contributed by atoms with Crippen molar-refractivity contribution in [2.75, 3.05) is 6.61 Å². The molecule has 1 atom stereocenters. The normalized spacial score (nSPS) is 16.1. The number of aliphatic hydroxyl groups is 2. The summed E-state index contributed by atoms with van der Waals surface area (Å²) >= 11 is 0. The van der Waals surface area contributed by atoms with Gasteiger partial charge in [-0.05, 0) is 13.0 Å². The molecule has 0 amide bonds. The summed E-state index contributed by atoms with van der Waals surface area (Å²) in [6, 6.07) is 0. The first-order chi connectivity index (χ1) is 3.66. The Bertz CT molecular complexity index is 82.5. The second-order valence-corrected chi connectivity index (χ2v) is 1.97. The van der Waals surface area contributed by atoms with Crippen molar-refractivity contribution in [2.24, 2.45) is 5.92 Å². The van der Waals surface area contributed by atoms with Gasteiger partial charge in [0, 0.05) is 12.5 Å². The highest BCUT2D eigenvalue weighted by Crippen LogP contribution is 1.97. The first-order valence-electron chi connectivity index (χ1n) is 2.65. The summed E-state index contributed by atoms with van der Waals surface area (Å²) in [4.78, 5) is 0. The van der Waals surface area contributed by atoms with Crippen LogP contribution < -0.4 is 0 Å². The Hall–Kier alpha value is -0.500. The van der Waals surface area contributed by atoms with Gasteiger partial charge in [0.05, 0.1) is 5.76 Å². The number of allylic oxidation sites excluding steroid dienone is 1. The zero-order valence-corrected chi connectivity index (χ0v) is 5.26. The summed E-state index contributed by atoms with van der Waals surface area (Å²) in [5.41, 5.74) is 0. The van der Waals surface area contributed by atoms with Gasteiger partial charge in [0.25, 0.3) is 0 Å². The second-order valence-electron chi connectivity index (χ2n) is 1.97. The quantitative estimate of drug-likeness (QED) is 0.530. The molecule has 0 fully saturated rings. The molecule has 0 spiro atoms. The first-order valence-corrected chi connectivity index (χ1v) is 2.65. The fourth-order valence-corrected chi connectivity index (χ4v) is 0.464. The van der Waals surface area contributed by atoms with E-state index < -0.39 is 0 Å². The van der Waals surface area contributed by atoms with E-state index in [2.05, 4.69) is 0 Å². The van der Waals surface area contributed by atoms with Crippen LogP contribution in [0.1, 0.15) is 13.8 Å². The number of hydrogen-bond acceptors (Lipinski definition) is 2. The molecule has 0 rings (SSSR count). The van der Waals surface area contributed by atoms with Crippen molar-refractivity contribution in [1.29, 1.82) is 0 Å². The molecule has 2 heteroatoms. The van der Waals surface area contributed by atoms with Crippen molar-refractivity contribution in [2.45, 2.75) is 13.8 Å². The zero-order chi connectivity index (χ0) is 6.57. The molecular formula is C6H12O2. The van der Waals surface area contributed by atoms with E-state index in [-0.39, 0.29) is 18.3 Å². The van der Waals surface area contributed by atoms with Gasteiger partial charge >= 0.3 is 0 Å². The SMILES string of the molecule is CC(O)=CC(C)CO. The third-order valence-electron chi connectivity index (χ3n) is 0.814. The van der Waals surface area contributed by atoms with E-state index in [1.165, 1.54) is 0 Å². The summed E-state index contributed by atoms with van der Waals surface area (Å²) in [6.07, 6.45) is 1.61. The molecular weight excluding hydrogens is 104 g/mol. The van der Waals surface area contributed by atoms with E-state index in [0.717, 1.165) is 0 Å². The average Bonchev–Trinajstić information content (AvgIpc) is 1.65. The lowest BCUT2D eigenvalue weighted by atomic mass is 10.2. The summed E-state index contributed by atoms with van der Waals surface area (Å²) in [5, 5.41) is 17.0. The molecule has 0 saturated carbocycles. The van der Waals surface area contributed by atoms with Gasteiger partial charge < -0.3 is 10.2 Å². The Morgan fingerprint density at radius 2 is 2.25 bits per heavy atom. The molecule has 0 radical (unpaired) electrons. The van der Waals surface area contributed by atoms with Crippen LogP contribution in [0.2, 0.25) is 0 Å². The Morgan fingerprint density at radius 3 is 2.38 bits per heavy atom. The van der Waals surface area contributed by atoms with Gasteiger partial charge in [-0.1, -0.05) is 6.92 Å². The van der Waals surface area contributed by atoms with Gasteiger partial charge in [-0.15, -0.1) is 0 Å². The maximum absolute atomic E-state index is 8.60. The summed E-state index contributed by atoms with van der Waals surface area (Å²) in [5.74, 6) is 0.339. The Morgan fingerprint density at radius 1 is 1.75 bits per heavy atom. The predicted molar refractivity (Wildman–Crippen MR) is 32.6 cm³/mol. The van der Waals surface area contributed by atoms with Crippen LogP contribution in [0.4, 0.5) is 0 Å². The summed E-state index contributed by atoms with van der Waals surface area (Å²) in [6.45, 7) is 3.52. The van der Waals surface area contributed by atoms with Gasteiger partial charge in [0.2, 0.25) is 0 Å². The molecule has 0 aliphatic heterocycles. The van der Waals surface area contributed by atoms with Crippen molar-refractivity contribution < 1.29 is 10.2 Å². The van der Waals surface area contributed by atoms with Crippen molar-refractivity contribution in [1.82, 2.24) is 0 Å². The van der Waals surface area contributed by atoms with E-state index in [9.17, 15) is 0 Å². The van der Waals surface area contributed by atoms with E-state index in [1.807, 2.05) is 6.92 Å². The lowest BCUT2D eigenvalue weighted by molar-refractivity contribution is 0.258. The monoisotopic (exact) mass is 116 g/mol. The standard InChI is InChI=1S/C6H12O2/c1-5(4-7)3-6(2)8/h3,5,7-8H,4H2,1-2H3. The van der Waals surface area contributed by atoms with E-state index >= 15 is 0 Å². The fraction of sp³-hybridized carbons (Fsp3) is 0.667. The van der Waals surface area contributed by atoms with E-state index in [0.29, 0.717) is 0 Å². The molecule has 0 aromatic carbocycles. The van der Waals surface area contributed by atoms with Crippen molar-refractivity contribution in [3.63, 3.8) is 0 Å².